The summed E-state index contributed by atoms with van der Waals surface area (Å²) in [6, 6.07) is 0. The van der Waals surface area contributed by atoms with Gasteiger partial charge in [-0.3, -0.25) is 4.68 Å². The van der Waals surface area contributed by atoms with Gasteiger partial charge in [-0.15, -0.1) is 0 Å². The summed E-state index contributed by atoms with van der Waals surface area (Å²) >= 11 is 2.18. The lowest BCUT2D eigenvalue weighted by atomic mass is 10.2. The summed E-state index contributed by atoms with van der Waals surface area (Å²) < 4.78 is 2.91. The third kappa shape index (κ3) is 2.20. The average Bonchev–Trinajstić information content (AvgIpc) is 2.30. The van der Waals surface area contributed by atoms with Crippen LogP contribution >= 0.6 is 22.6 Å². The van der Waals surface area contributed by atoms with E-state index >= 15 is 0 Å². The standard InChI is InChI=1S/C8H13IN2O/c1-6(2)4-11-8(5-12)7(9)3-10-11/h3,6,12H,4-5H2,1-2H3. The maximum atomic E-state index is 9.04. The molecule has 0 bridgehead atoms. The van der Waals surface area contributed by atoms with Gasteiger partial charge in [0.15, 0.2) is 0 Å². The Balaban J connectivity index is 2.84. The van der Waals surface area contributed by atoms with Gasteiger partial charge in [0.2, 0.25) is 0 Å². The lowest BCUT2D eigenvalue weighted by molar-refractivity contribution is 0.263. The van der Waals surface area contributed by atoms with Gasteiger partial charge in [-0.25, -0.2) is 0 Å². The van der Waals surface area contributed by atoms with E-state index in [0.29, 0.717) is 5.92 Å². The first-order valence-electron chi connectivity index (χ1n) is 3.96. The average molecular weight is 280 g/mol. The van der Waals surface area contributed by atoms with E-state index in [0.717, 1.165) is 15.8 Å². The van der Waals surface area contributed by atoms with Crippen LogP contribution in [0.1, 0.15) is 19.5 Å². The Kier molecular flexibility index (Phi) is 3.52. The fourth-order valence-corrected chi connectivity index (χ4v) is 1.62. The molecule has 4 heteroatoms. The van der Waals surface area contributed by atoms with Gasteiger partial charge in [-0.1, -0.05) is 13.8 Å². The van der Waals surface area contributed by atoms with Crippen molar-refractivity contribution in [3.8, 4) is 0 Å². The smallest absolute Gasteiger partial charge is 0.0860 e. The van der Waals surface area contributed by atoms with Crippen LogP contribution in [0.4, 0.5) is 0 Å². The molecule has 0 saturated carbocycles. The zero-order valence-electron chi connectivity index (χ0n) is 7.29. The van der Waals surface area contributed by atoms with E-state index in [4.69, 9.17) is 5.11 Å². The van der Waals surface area contributed by atoms with E-state index < -0.39 is 0 Å². The number of nitrogens with zero attached hydrogens (tertiary/aromatic N) is 2. The fraction of sp³-hybridized carbons (Fsp3) is 0.625. The summed E-state index contributed by atoms with van der Waals surface area (Å²) in [5.74, 6) is 0.561. The fourth-order valence-electron chi connectivity index (χ4n) is 1.05. The first-order chi connectivity index (χ1) is 5.65. The van der Waals surface area contributed by atoms with Crippen molar-refractivity contribution in [1.82, 2.24) is 9.78 Å². The van der Waals surface area contributed by atoms with Crippen LogP contribution in [-0.4, -0.2) is 14.9 Å². The Morgan fingerprint density at radius 2 is 2.33 bits per heavy atom. The molecule has 0 aliphatic rings. The molecule has 68 valence electrons. The molecule has 1 rings (SSSR count). The van der Waals surface area contributed by atoms with Crippen LogP contribution in [0.3, 0.4) is 0 Å². The van der Waals surface area contributed by atoms with E-state index in [1.54, 1.807) is 6.20 Å². The van der Waals surface area contributed by atoms with Crippen molar-refractivity contribution < 1.29 is 5.11 Å². The van der Waals surface area contributed by atoms with E-state index in [1.807, 2.05) is 4.68 Å². The molecule has 0 aliphatic carbocycles. The van der Waals surface area contributed by atoms with Gasteiger partial charge in [-0.2, -0.15) is 5.10 Å². The van der Waals surface area contributed by atoms with Crippen LogP contribution in [0.25, 0.3) is 0 Å². The van der Waals surface area contributed by atoms with Gasteiger partial charge in [0, 0.05) is 6.54 Å². The van der Waals surface area contributed by atoms with Crippen molar-refractivity contribution in [1.29, 1.82) is 0 Å². The first-order valence-corrected chi connectivity index (χ1v) is 5.04. The van der Waals surface area contributed by atoms with Crippen molar-refractivity contribution in [2.24, 2.45) is 5.92 Å². The van der Waals surface area contributed by atoms with Crippen LogP contribution in [0.5, 0.6) is 0 Å². The van der Waals surface area contributed by atoms with Crippen LogP contribution in [0, 0.1) is 9.49 Å². The highest BCUT2D eigenvalue weighted by Gasteiger charge is 2.07. The molecule has 0 spiro atoms. The zero-order chi connectivity index (χ0) is 9.14. The van der Waals surface area contributed by atoms with Crippen molar-refractivity contribution >= 4 is 22.6 Å². The van der Waals surface area contributed by atoms with Crippen LogP contribution in [0.2, 0.25) is 0 Å². The zero-order valence-corrected chi connectivity index (χ0v) is 9.45. The molecule has 0 atom stereocenters. The molecule has 3 nitrogen and oxygen atoms in total. The highest BCUT2D eigenvalue weighted by molar-refractivity contribution is 14.1. The second-order valence-electron chi connectivity index (χ2n) is 3.17. The van der Waals surface area contributed by atoms with Gasteiger partial charge in [0.25, 0.3) is 0 Å². The van der Waals surface area contributed by atoms with Crippen LogP contribution in [-0.2, 0) is 13.2 Å². The topological polar surface area (TPSA) is 38.0 Å². The summed E-state index contributed by atoms with van der Waals surface area (Å²) in [7, 11) is 0. The molecule has 0 unspecified atom stereocenters. The molecular formula is C8H13IN2O. The van der Waals surface area contributed by atoms with E-state index in [2.05, 4.69) is 41.5 Å². The molecule has 1 N–H and O–H groups in total. The molecule has 0 fully saturated rings. The summed E-state index contributed by atoms with van der Waals surface area (Å²) in [6.07, 6.45) is 1.79. The molecule has 0 amide bonds. The Hall–Kier alpha value is -0.100. The minimum atomic E-state index is 0.0744. The summed E-state index contributed by atoms with van der Waals surface area (Å²) in [5.41, 5.74) is 0.921. The van der Waals surface area contributed by atoms with Gasteiger partial charge in [0.1, 0.15) is 0 Å². The number of hydrogen-bond acceptors (Lipinski definition) is 2. The molecule has 12 heavy (non-hydrogen) atoms. The molecule has 1 heterocycles. The van der Waals surface area contributed by atoms with Gasteiger partial charge in [-0.05, 0) is 28.5 Å². The number of aromatic nitrogens is 2. The van der Waals surface area contributed by atoms with Gasteiger partial charge < -0.3 is 5.11 Å². The van der Waals surface area contributed by atoms with Gasteiger partial charge >= 0.3 is 0 Å². The largest absolute Gasteiger partial charge is 0.390 e. The number of aliphatic hydroxyl groups is 1. The molecule has 0 aromatic carbocycles. The van der Waals surface area contributed by atoms with Crippen LogP contribution in [0.15, 0.2) is 6.20 Å². The number of hydrogen-bond donors (Lipinski definition) is 1. The Labute approximate surface area is 85.9 Å². The Morgan fingerprint density at radius 3 is 2.83 bits per heavy atom. The monoisotopic (exact) mass is 280 g/mol. The minimum Gasteiger partial charge on any atom is -0.390 e. The van der Waals surface area contributed by atoms with Gasteiger partial charge in [0.05, 0.1) is 22.1 Å². The number of rotatable bonds is 3. The van der Waals surface area contributed by atoms with Crippen molar-refractivity contribution in [3.05, 3.63) is 15.5 Å². The lowest BCUT2D eigenvalue weighted by Crippen LogP contribution is -2.10. The molecule has 0 radical (unpaired) electrons. The van der Waals surface area contributed by atoms with Crippen LogP contribution < -0.4 is 0 Å². The normalized spacial score (nSPS) is 11.1. The minimum absolute atomic E-state index is 0.0744. The third-order valence-electron chi connectivity index (χ3n) is 1.59. The quantitative estimate of drug-likeness (QED) is 0.855. The summed E-state index contributed by atoms with van der Waals surface area (Å²) in [4.78, 5) is 0. The molecule has 1 aromatic rings. The Bertz CT molecular complexity index is 258. The predicted molar refractivity (Wildman–Crippen MR) is 55.7 cm³/mol. The molecule has 0 aliphatic heterocycles. The highest BCUT2D eigenvalue weighted by atomic mass is 127. The first kappa shape index (κ1) is 9.98. The number of halogens is 1. The molecule has 0 saturated heterocycles. The molecule has 1 aromatic heterocycles. The van der Waals surface area contributed by atoms with Crippen molar-refractivity contribution in [3.63, 3.8) is 0 Å². The third-order valence-corrected chi connectivity index (χ3v) is 2.49. The predicted octanol–water partition coefficient (Wildman–Crippen LogP) is 1.64. The Morgan fingerprint density at radius 1 is 1.67 bits per heavy atom. The molecular weight excluding hydrogens is 267 g/mol. The maximum Gasteiger partial charge on any atom is 0.0860 e. The highest BCUT2D eigenvalue weighted by Crippen LogP contribution is 2.12. The van der Waals surface area contributed by atoms with Crippen molar-refractivity contribution in [2.75, 3.05) is 0 Å². The van der Waals surface area contributed by atoms with E-state index in [9.17, 15) is 0 Å². The van der Waals surface area contributed by atoms with Crippen molar-refractivity contribution in [2.45, 2.75) is 27.0 Å². The second kappa shape index (κ2) is 4.23. The second-order valence-corrected chi connectivity index (χ2v) is 4.34. The SMILES string of the molecule is CC(C)Cn1ncc(I)c1CO. The number of aliphatic hydroxyl groups excluding tert-OH is 1. The van der Waals surface area contributed by atoms with E-state index in [1.165, 1.54) is 0 Å². The summed E-state index contributed by atoms with van der Waals surface area (Å²) in [6.45, 7) is 5.22. The maximum absolute atomic E-state index is 9.04. The van der Waals surface area contributed by atoms with E-state index in [-0.39, 0.29) is 6.61 Å². The summed E-state index contributed by atoms with van der Waals surface area (Å²) in [5, 5.41) is 13.2. The lowest BCUT2D eigenvalue weighted by Gasteiger charge is -2.07.